The van der Waals surface area contributed by atoms with E-state index in [1.54, 1.807) is 29.2 Å². The monoisotopic (exact) mass is 389 g/mol. The lowest BCUT2D eigenvalue weighted by atomic mass is 10.1. The van der Waals surface area contributed by atoms with E-state index in [-0.39, 0.29) is 6.03 Å². The first-order chi connectivity index (χ1) is 12.6. The predicted molar refractivity (Wildman–Crippen MR) is 101 cm³/mol. The van der Waals surface area contributed by atoms with Crippen molar-refractivity contribution >= 4 is 29.2 Å². The van der Waals surface area contributed by atoms with Crippen LogP contribution < -0.4 is 10.6 Å². The molecule has 0 unspecified atom stereocenters. The number of urea groups is 1. The fraction of sp³-hybridized carbons (Fsp3) is 0.167. The summed E-state index contributed by atoms with van der Waals surface area (Å²) in [6, 6.07) is 12.9. The number of carbonyl (C=O) groups excluding carboxylic acids is 1. The first-order valence-electron chi connectivity index (χ1n) is 7.96. The van der Waals surface area contributed by atoms with Crippen molar-refractivity contribution in [1.29, 1.82) is 0 Å². The number of nitrogens with one attached hydrogen (secondary N) is 2. The van der Waals surface area contributed by atoms with Crippen LogP contribution in [0, 0.1) is 0 Å². The number of rotatable bonds is 6. The van der Waals surface area contributed by atoms with Gasteiger partial charge < -0.3 is 10.6 Å². The van der Waals surface area contributed by atoms with E-state index in [1.807, 2.05) is 24.3 Å². The third-order valence-corrected chi connectivity index (χ3v) is 4.33. The molecule has 2 aromatic carbocycles. The summed E-state index contributed by atoms with van der Waals surface area (Å²) < 4.78 is 1.75. The van der Waals surface area contributed by atoms with Crippen LogP contribution in [0.25, 0.3) is 0 Å². The van der Waals surface area contributed by atoms with Gasteiger partial charge in [0.25, 0.3) is 0 Å². The minimum Gasteiger partial charge on any atom is -0.334 e. The minimum atomic E-state index is -0.261. The van der Waals surface area contributed by atoms with Gasteiger partial charge in [0, 0.05) is 23.1 Å². The van der Waals surface area contributed by atoms with E-state index < -0.39 is 0 Å². The molecule has 0 atom stereocenters. The molecule has 0 bridgehead atoms. The van der Waals surface area contributed by atoms with Gasteiger partial charge in [0.15, 0.2) is 0 Å². The molecule has 3 aromatic rings. The van der Waals surface area contributed by atoms with Crippen molar-refractivity contribution < 1.29 is 4.79 Å². The lowest BCUT2D eigenvalue weighted by Gasteiger charge is -2.09. The summed E-state index contributed by atoms with van der Waals surface area (Å²) in [7, 11) is 0. The second kappa shape index (κ2) is 8.69. The largest absolute Gasteiger partial charge is 0.334 e. The van der Waals surface area contributed by atoms with Gasteiger partial charge in [-0.1, -0.05) is 53.5 Å². The van der Waals surface area contributed by atoms with Crippen LogP contribution in [0.1, 0.15) is 16.7 Å². The highest BCUT2D eigenvalue weighted by molar-refractivity contribution is 6.35. The normalized spacial score (nSPS) is 10.5. The number of aromatic nitrogens is 3. The zero-order chi connectivity index (χ0) is 18.4. The van der Waals surface area contributed by atoms with E-state index in [2.05, 4.69) is 20.7 Å². The van der Waals surface area contributed by atoms with Crippen LogP contribution in [-0.4, -0.2) is 20.8 Å². The summed E-state index contributed by atoms with van der Waals surface area (Å²) in [5, 5.41) is 10.8. The van der Waals surface area contributed by atoms with E-state index in [1.165, 1.54) is 6.33 Å². The second-order valence-corrected chi connectivity index (χ2v) is 6.53. The lowest BCUT2D eigenvalue weighted by molar-refractivity contribution is 0.240. The van der Waals surface area contributed by atoms with Crippen LogP contribution >= 0.6 is 23.2 Å². The van der Waals surface area contributed by atoms with Gasteiger partial charge in [-0.15, -0.1) is 0 Å². The standard InChI is InChI=1S/C18H17Cl2N5O/c19-16-6-5-15(17(20)7-16)9-23-18(26)22-8-13-1-3-14(4-2-13)10-25-12-21-11-24-25/h1-7,11-12H,8-10H2,(H2,22,23,26). The zero-order valence-electron chi connectivity index (χ0n) is 13.8. The van der Waals surface area contributed by atoms with Crippen molar-refractivity contribution in [2.24, 2.45) is 0 Å². The van der Waals surface area contributed by atoms with E-state index in [0.29, 0.717) is 29.7 Å². The molecule has 0 fully saturated rings. The summed E-state index contributed by atoms with van der Waals surface area (Å²) in [6.45, 7) is 1.43. The van der Waals surface area contributed by atoms with E-state index >= 15 is 0 Å². The molecule has 2 N–H and O–H groups in total. The molecule has 6 nitrogen and oxygen atoms in total. The number of carbonyl (C=O) groups is 1. The smallest absolute Gasteiger partial charge is 0.315 e. The summed E-state index contributed by atoms with van der Waals surface area (Å²) in [5.74, 6) is 0. The Morgan fingerprint density at radius 1 is 1.00 bits per heavy atom. The Kier molecular flexibility index (Phi) is 6.09. The molecular formula is C18H17Cl2N5O. The molecule has 0 aliphatic rings. The van der Waals surface area contributed by atoms with Crippen LogP contribution in [0.15, 0.2) is 55.1 Å². The molecule has 0 aliphatic carbocycles. The fourth-order valence-corrected chi connectivity index (χ4v) is 2.82. The maximum absolute atomic E-state index is 11.9. The molecule has 0 spiro atoms. The van der Waals surface area contributed by atoms with E-state index in [9.17, 15) is 4.79 Å². The highest BCUT2D eigenvalue weighted by Crippen LogP contribution is 2.20. The molecule has 1 aromatic heterocycles. The van der Waals surface area contributed by atoms with Crippen molar-refractivity contribution in [3.05, 3.63) is 81.9 Å². The molecule has 134 valence electrons. The zero-order valence-corrected chi connectivity index (χ0v) is 15.3. The van der Waals surface area contributed by atoms with E-state index in [0.717, 1.165) is 16.7 Å². The van der Waals surface area contributed by atoms with Gasteiger partial charge in [-0.2, -0.15) is 5.10 Å². The molecule has 26 heavy (non-hydrogen) atoms. The number of nitrogens with zero attached hydrogens (tertiary/aromatic N) is 3. The third kappa shape index (κ3) is 5.21. The molecule has 0 radical (unpaired) electrons. The molecule has 0 saturated carbocycles. The van der Waals surface area contributed by atoms with Gasteiger partial charge in [-0.05, 0) is 28.8 Å². The van der Waals surface area contributed by atoms with Crippen molar-refractivity contribution in [1.82, 2.24) is 25.4 Å². The highest BCUT2D eigenvalue weighted by Gasteiger charge is 2.05. The first kappa shape index (κ1) is 18.2. The van der Waals surface area contributed by atoms with Crippen LogP contribution in [0.4, 0.5) is 4.79 Å². The highest BCUT2D eigenvalue weighted by atomic mass is 35.5. The topological polar surface area (TPSA) is 71.8 Å². The molecular weight excluding hydrogens is 373 g/mol. The third-order valence-electron chi connectivity index (χ3n) is 3.74. The van der Waals surface area contributed by atoms with Crippen LogP contribution in [0.5, 0.6) is 0 Å². The van der Waals surface area contributed by atoms with Gasteiger partial charge in [0.2, 0.25) is 0 Å². The quantitative estimate of drug-likeness (QED) is 0.675. The molecule has 3 rings (SSSR count). The summed E-state index contributed by atoms with van der Waals surface area (Å²) in [4.78, 5) is 15.9. The minimum absolute atomic E-state index is 0.261. The Morgan fingerprint density at radius 2 is 1.73 bits per heavy atom. The van der Waals surface area contributed by atoms with Crippen LogP contribution in [-0.2, 0) is 19.6 Å². The summed E-state index contributed by atoms with van der Waals surface area (Å²) >= 11 is 11.9. The Labute approximate surface area is 161 Å². The molecule has 8 heteroatoms. The number of hydrogen-bond donors (Lipinski definition) is 2. The fourth-order valence-electron chi connectivity index (χ4n) is 2.35. The lowest BCUT2D eigenvalue weighted by Crippen LogP contribution is -2.34. The Bertz CT molecular complexity index is 866. The Balaban J connectivity index is 1.45. The van der Waals surface area contributed by atoms with Crippen molar-refractivity contribution in [2.45, 2.75) is 19.6 Å². The van der Waals surface area contributed by atoms with Crippen LogP contribution in [0.3, 0.4) is 0 Å². The van der Waals surface area contributed by atoms with E-state index in [4.69, 9.17) is 23.2 Å². The molecule has 0 aliphatic heterocycles. The average molecular weight is 390 g/mol. The van der Waals surface area contributed by atoms with Crippen molar-refractivity contribution in [3.63, 3.8) is 0 Å². The Morgan fingerprint density at radius 3 is 2.42 bits per heavy atom. The molecule has 1 heterocycles. The average Bonchev–Trinajstić information content (AvgIpc) is 3.13. The van der Waals surface area contributed by atoms with Gasteiger partial charge in [0.1, 0.15) is 12.7 Å². The number of benzene rings is 2. The molecule has 0 saturated heterocycles. The van der Waals surface area contributed by atoms with Gasteiger partial charge in [-0.25, -0.2) is 14.5 Å². The number of hydrogen-bond acceptors (Lipinski definition) is 3. The van der Waals surface area contributed by atoms with Crippen molar-refractivity contribution in [3.8, 4) is 0 Å². The van der Waals surface area contributed by atoms with Crippen LogP contribution in [0.2, 0.25) is 10.0 Å². The van der Waals surface area contributed by atoms with Crippen molar-refractivity contribution in [2.75, 3.05) is 0 Å². The maximum atomic E-state index is 11.9. The summed E-state index contributed by atoms with van der Waals surface area (Å²) in [6.07, 6.45) is 3.18. The van der Waals surface area contributed by atoms with Gasteiger partial charge in [-0.3, -0.25) is 0 Å². The number of amides is 2. The number of halogens is 2. The SMILES string of the molecule is O=C(NCc1ccc(Cn2cncn2)cc1)NCc1ccc(Cl)cc1Cl. The van der Waals surface area contributed by atoms with Gasteiger partial charge in [0.05, 0.1) is 6.54 Å². The second-order valence-electron chi connectivity index (χ2n) is 5.68. The predicted octanol–water partition coefficient (Wildman–Crippen LogP) is 3.63. The summed E-state index contributed by atoms with van der Waals surface area (Å²) in [5.41, 5.74) is 2.93. The first-order valence-corrected chi connectivity index (χ1v) is 8.71. The van der Waals surface area contributed by atoms with Gasteiger partial charge >= 0.3 is 6.03 Å². The molecule has 2 amide bonds. The Hall–Kier alpha value is -2.57. The maximum Gasteiger partial charge on any atom is 0.315 e.